The van der Waals surface area contributed by atoms with Crippen LogP contribution in [-0.4, -0.2) is 17.7 Å². The smallest absolute Gasteiger partial charge is 0.412 e. The van der Waals surface area contributed by atoms with Crippen molar-refractivity contribution in [2.45, 2.75) is 85.2 Å². The lowest BCUT2D eigenvalue weighted by atomic mass is 10.0. The van der Waals surface area contributed by atoms with Gasteiger partial charge in [-0.05, 0) is 56.0 Å². The van der Waals surface area contributed by atoms with Crippen LogP contribution in [-0.2, 0) is 17.8 Å². The van der Waals surface area contributed by atoms with E-state index in [1.807, 2.05) is 43.3 Å². The third kappa shape index (κ3) is 8.27. The predicted molar refractivity (Wildman–Crippen MR) is 144 cm³/mol. The number of hydrogen-bond acceptors (Lipinski definition) is 4. The fourth-order valence-corrected chi connectivity index (χ4v) is 4.12. The van der Waals surface area contributed by atoms with Gasteiger partial charge in [-0.25, -0.2) is 9.78 Å². The summed E-state index contributed by atoms with van der Waals surface area (Å²) >= 11 is 0. The minimum Gasteiger partial charge on any atom is -0.493 e. The van der Waals surface area contributed by atoms with E-state index in [4.69, 9.17) is 14.5 Å². The van der Waals surface area contributed by atoms with Crippen LogP contribution < -0.4 is 10.1 Å². The molecule has 1 aromatic heterocycles. The molecule has 5 heteroatoms. The molecular formula is C30H40N2O3. The molecule has 1 heterocycles. The highest BCUT2D eigenvalue weighted by Gasteiger charge is 2.15. The zero-order valence-corrected chi connectivity index (χ0v) is 21.6. The number of nitrogens with one attached hydrogen (secondary N) is 1. The highest BCUT2D eigenvalue weighted by molar-refractivity contribution is 5.87. The first-order valence-electron chi connectivity index (χ1n) is 13.2. The number of ether oxygens (including phenoxy) is 2. The molecule has 35 heavy (non-hydrogen) atoms. The Morgan fingerprint density at radius 3 is 2.37 bits per heavy atom. The molecule has 0 aliphatic carbocycles. The number of aromatic nitrogens is 1. The van der Waals surface area contributed by atoms with Crippen molar-refractivity contribution in [2.75, 3.05) is 11.9 Å². The third-order valence-electron chi connectivity index (χ3n) is 6.28. The van der Waals surface area contributed by atoms with E-state index in [-0.39, 0.29) is 6.61 Å². The summed E-state index contributed by atoms with van der Waals surface area (Å²) in [4.78, 5) is 17.2. The fourth-order valence-electron chi connectivity index (χ4n) is 4.12. The molecule has 1 N–H and O–H groups in total. The summed E-state index contributed by atoms with van der Waals surface area (Å²) in [5.41, 5.74) is 4.48. The van der Waals surface area contributed by atoms with Gasteiger partial charge in [0.05, 0.1) is 17.8 Å². The normalized spacial score (nSPS) is 10.9. The van der Waals surface area contributed by atoms with Crippen LogP contribution >= 0.6 is 0 Å². The first-order chi connectivity index (χ1) is 17.1. The van der Waals surface area contributed by atoms with Crippen LogP contribution in [0.4, 0.5) is 10.5 Å². The van der Waals surface area contributed by atoms with Gasteiger partial charge in [-0.3, -0.25) is 5.32 Å². The molecule has 0 atom stereocenters. The minimum atomic E-state index is -0.489. The largest absolute Gasteiger partial charge is 0.493 e. The predicted octanol–water partition coefficient (Wildman–Crippen LogP) is 8.37. The van der Waals surface area contributed by atoms with E-state index in [1.54, 1.807) is 0 Å². The molecule has 0 bridgehead atoms. The Bertz CT molecular complexity index is 1060. The van der Waals surface area contributed by atoms with Crippen molar-refractivity contribution in [2.24, 2.45) is 0 Å². The summed E-state index contributed by atoms with van der Waals surface area (Å²) in [7, 11) is 0. The van der Waals surface area contributed by atoms with E-state index in [2.05, 4.69) is 31.3 Å². The van der Waals surface area contributed by atoms with Gasteiger partial charge < -0.3 is 9.47 Å². The van der Waals surface area contributed by atoms with Crippen molar-refractivity contribution in [3.63, 3.8) is 0 Å². The number of nitrogens with zero attached hydrogens (tertiary/aromatic N) is 1. The highest BCUT2D eigenvalue weighted by atomic mass is 16.5. The number of amides is 1. The van der Waals surface area contributed by atoms with E-state index in [0.29, 0.717) is 12.3 Å². The maximum absolute atomic E-state index is 12.4. The maximum atomic E-state index is 12.4. The van der Waals surface area contributed by atoms with Crippen LogP contribution in [0, 0.1) is 6.92 Å². The van der Waals surface area contributed by atoms with Gasteiger partial charge in [0.25, 0.3) is 0 Å². The van der Waals surface area contributed by atoms with Gasteiger partial charge in [0.1, 0.15) is 12.4 Å². The van der Waals surface area contributed by atoms with Gasteiger partial charge >= 0.3 is 6.09 Å². The zero-order valence-electron chi connectivity index (χ0n) is 21.6. The summed E-state index contributed by atoms with van der Waals surface area (Å²) < 4.78 is 11.6. The molecule has 0 unspecified atom stereocenters. The molecule has 0 spiro atoms. The zero-order chi connectivity index (χ0) is 24.9. The average molecular weight is 477 g/mol. The van der Waals surface area contributed by atoms with Gasteiger partial charge in [0.2, 0.25) is 0 Å². The molecule has 0 saturated carbocycles. The Morgan fingerprint density at radius 2 is 1.60 bits per heavy atom. The number of rotatable bonds is 14. The standard InChI is InChI=1S/C30H40N2O3/c1-4-6-8-9-10-11-14-24-17-19-25(20-18-24)31-30(33)35-22-28-23(3)29(34-21-7-5-2)26-15-12-13-16-27(26)32-28/h12-13,15-20H,4-11,14,21-22H2,1-3H3,(H,31,33). The van der Waals surface area contributed by atoms with Gasteiger partial charge in [-0.1, -0.05) is 76.6 Å². The summed E-state index contributed by atoms with van der Waals surface area (Å²) in [6, 6.07) is 15.9. The SMILES string of the molecule is CCCCCCCCc1ccc(NC(=O)OCc2nc3ccccc3c(OCCCC)c2C)cc1. The summed E-state index contributed by atoms with van der Waals surface area (Å²) in [6.45, 7) is 7.10. The molecule has 0 saturated heterocycles. The molecule has 0 aliphatic heterocycles. The Hall–Kier alpha value is -3.08. The second-order valence-electron chi connectivity index (χ2n) is 9.15. The Kier molecular flexibility index (Phi) is 10.9. The van der Waals surface area contributed by atoms with Crippen molar-refractivity contribution in [1.29, 1.82) is 0 Å². The lowest BCUT2D eigenvalue weighted by Gasteiger charge is -2.15. The minimum absolute atomic E-state index is 0.0861. The first-order valence-corrected chi connectivity index (χ1v) is 13.2. The van der Waals surface area contributed by atoms with Crippen LogP contribution in [0.25, 0.3) is 10.9 Å². The second kappa shape index (κ2) is 14.3. The van der Waals surface area contributed by atoms with Gasteiger partial charge in [-0.2, -0.15) is 0 Å². The summed E-state index contributed by atoms with van der Waals surface area (Å²) in [5.74, 6) is 0.823. The fraction of sp³-hybridized carbons (Fsp3) is 0.467. The number of unbranched alkanes of at least 4 members (excludes halogenated alkanes) is 6. The van der Waals surface area contributed by atoms with E-state index >= 15 is 0 Å². The number of benzene rings is 2. The number of aryl methyl sites for hydroxylation is 1. The van der Waals surface area contributed by atoms with Crippen molar-refractivity contribution < 1.29 is 14.3 Å². The average Bonchev–Trinajstić information content (AvgIpc) is 2.87. The van der Waals surface area contributed by atoms with Crippen molar-refractivity contribution >= 4 is 22.7 Å². The van der Waals surface area contributed by atoms with Gasteiger partial charge in [0, 0.05) is 16.6 Å². The lowest BCUT2D eigenvalue weighted by molar-refractivity contribution is 0.153. The molecule has 0 aliphatic rings. The summed E-state index contributed by atoms with van der Waals surface area (Å²) in [5, 5.41) is 3.80. The van der Waals surface area contributed by atoms with E-state index in [0.717, 1.165) is 47.2 Å². The molecule has 0 radical (unpaired) electrons. The number of carbonyl (C=O) groups excluding carboxylic acids is 1. The number of pyridine rings is 1. The number of hydrogen-bond donors (Lipinski definition) is 1. The van der Waals surface area contributed by atoms with E-state index in [9.17, 15) is 4.79 Å². The van der Waals surface area contributed by atoms with Crippen molar-refractivity contribution in [3.8, 4) is 5.75 Å². The molecule has 5 nitrogen and oxygen atoms in total. The number of fused-ring (bicyclic) bond motifs is 1. The Balaban J connectivity index is 1.53. The van der Waals surface area contributed by atoms with Crippen LogP contribution in [0.2, 0.25) is 0 Å². The molecule has 188 valence electrons. The number of para-hydroxylation sites is 1. The number of carbonyl (C=O) groups is 1. The van der Waals surface area contributed by atoms with Crippen LogP contribution in [0.15, 0.2) is 48.5 Å². The van der Waals surface area contributed by atoms with Crippen molar-refractivity contribution in [3.05, 3.63) is 65.4 Å². The molecule has 3 aromatic rings. The monoisotopic (exact) mass is 476 g/mol. The Labute approximate surface area is 210 Å². The maximum Gasteiger partial charge on any atom is 0.412 e. The molecule has 1 amide bonds. The van der Waals surface area contributed by atoms with Gasteiger partial charge in [0.15, 0.2) is 0 Å². The van der Waals surface area contributed by atoms with Crippen LogP contribution in [0.3, 0.4) is 0 Å². The van der Waals surface area contributed by atoms with E-state index < -0.39 is 6.09 Å². The molecule has 3 rings (SSSR count). The molecular weight excluding hydrogens is 436 g/mol. The first kappa shape index (κ1) is 26.5. The number of anilines is 1. The topological polar surface area (TPSA) is 60.5 Å². The lowest BCUT2D eigenvalue weighted by Crippen LogP contribution is -2.15. The van der Waals surface area contributed by atoms with Gasteiger partial charge in [-0.15, -0.1) is 0 Å². The quantitative estimate of drug-likeness (QED) is 0.237. The van der Waals surface area contributed by atoms with E-state index in [1.165, 1.54) is 44.1 Å². The third-order valence-corrected chi connectivity index (χ3v) is 6.28. The molecule has 0 fully saturated rings. The Morgan fingerprint density at radius 1 is 0.886 bits per heavy atom. The molecule has 2 aromatic carbocycles. The van der Waals surface area contributed by atoms with Crippen LogP contribution in [0.1, 0.15) is 82.0 Å². The van der Waals surface area contributed by atoms with Crippen LogP contribution in [0.5, 0.6) is 5.75 Å². The summed E-state index contributed by atoms with van der Waals surface area (Å²) in [6.07, 6.45) is 10.4. The van der Waals surface area contributed by atoms with Crippen molar-refractivity contribution in [1.82, 2.24) is 4.98 Å². The highest BCUT2D eigenvalue weighted by Crippen LogP contribution is 2.31. The second-order valence-corrected chi connectivity index (χ2v) is 9.15.